The van der Waals surface area contributed by atoms with Crippen molar-refractivity contribution in [2.45, 2.75) is 83.4 Å². The average Bonchev–Trinajstić information content (AvgIpc) is 2.64. The molecular weight excluding hydrogens is 444 g/mol. The molecule has 0 saturated carbocycles. The van der Waals surface area contributed by atoms with Crippen LogP contribution in [0.15, 0.2) is 0 Å². The summed E-state index contributed by atoms with van der Waals surface area (Å²) in [6, 6.07) is 0. The molecule has 2 fully saturated rings. The Labute approximate surface area is 186 Å². The third kappa shape index (κ3) is 6.85. The molecule has 2 saturated heterocycles. The minimum absolute atomic E-state index is 0.121. The number of hydrogen-bond donors (Lipinski definition) is 0. The van der Waals surface area contributed by atoms with E-state index in [1.54, 1.807) is 0 Å². The Morgan fingerprint density at radius 3 is 1.96 bits per heavy atom. The SMILES string of the molecule is CC[O][Ti]([CH]C[C](C)(C)[Ti]([O]CC)[C]1([SiH3])CCCCO1)[C]1([SiH3])CCCCO1. The van der Waals surface area contributed by atoms with E-state index in [4.69, 9.17) is 16.1 Å². The number of ether oxygens (including phenoxy) is 2. The van der Waals surface area contributed by atoms with Crippen molar-refractivity contribution >= 4 is 20.5 Å². The second-order valence-corrected chi connectivity index (χ2v) is 24.4. The zero-order valence-electron chi connectivity index (χ0n) is 18.5. The van der Waals surface area contributed by atoms with Crippen LogP contribution >= 0.6 is 0 Å². The molecule has 0 N–H and O–H groups in total. The summed E-state index contributed by atoms with van der Waals surface area (Å²) in [5.74, 6) is 0. The van der Waals surface area contributed by atoms with E-state index in [1.165, 1.54) is 38.5 Å². The van der Waals surface area contributed by atoms with Crippen molar-refractivity contribution in [3.63, 3.8) is 0 Å². The first-order chi connectivity index (χ1) is 12.8. The Balaban J connectivity index is 2.08. The molecule has 0 aliphatic carbocycles. The molecule has 157 valence electrons. The first-order valence-electron chi connectivity index (χ1n) is 10.9. The zero-order chi connectivity index (χ0) is 20.0. The summed E-state index contributed by atoms with van der Waals surface area (Å²) >= 11 is -3.70. The fraction of sp³-hybridized carbons (Fsp3) is 0.947. The summed E-state index contributed by atoms with van der Waals surface area (Å²) < 4.78 is 28.7. The molecule has 0 aromatic carbocycles. The van der Waals surface area contributed by atoms with Crippen LogP contribution in [0.5, 0.6) is 0 Å². The van der Waals surface area contributed by atoms with E-state index in [2.05, 4.69) is 32.4 Å². The van der Waals surface area contributed by atoms with Crippen molar-refractivity contribution in [3.8, 4) is 0 Å². The Morgan fingerprint density at radius 1 is 0.926 bits per heavy atom. The summed E-state index contributed by atoms with van der Waals surface area (Å²) in [7, 11) is 2.18. The van der Waals surface area contributed by atoms with Gasteiger partial charge >= 0.3 is 188 Å². The van der Waals surface area contributed by atoms with Crippen LogP contribution in [-0.4, -0.2) is 54.0 Å². The standard InChI is InChI=1S/2C5H11OSi.C5H9.2C2H5O.2Ti/c2*7-5-3-1-2-4-6-5;1-4-5(2)3;2*1-2-3;;/h2*1-4H2,7H3;1H,4H2,2-3H3;2*2H2,1H3;;/q;;;2*-1;2*+1. The van der Waals surface area contributed by atoms with Crippen molar-refractivity contribution in [1.82, 2.24) is 0 Å². The van der Waals surface area contributed by atoms with Crippen molar-refractivity contribution in [1.29, 1.82) is 0 Å². The van der Waals surface area contributed by atoms with Gasteiger partial charge in [0.2, 0.25) is 0 Å². The van der Waals surface area contributed by atoms with E-state index in [-0.39, 0.29) is 10.8 Å². The summed E-state index contributed by atoms with van der Waals surface area (Å²) in [5, 5.41) is 0. The van der Waals surface area contributed by atoms with E-state index in [0.717, 1.165) is 53.3 Å². The maximum absolute atomic E-state index is 6.52. The van der Waals surface area contributed by atoms with Gasteiger partial charge in [-0.05, 0) is 0 Å². The fourth-order valence-corrected chi connectivity index (χ4v) is 20.1. The van der Waals surface area contributed by atoms with Gasteiger partial charge < -0.3 is 0 Å². The molecule has 4 nitrogen and oxygen atoms in total. The average molecular weight is 485 g/mol. The van der Waals surface area contributed by atoms with Crippen molar-refractivity contribution in [2.24, 2.45) is 0 Å². The third-order valence-corrected chi connectivity index (χ3v) is 20.8. The Hall–Kier alpha value is 1.70. The van der Waals surface area contributed by atoms with Crippen molar-refractivity contribution in [2.75, 3.05) is 26.4 Å². The molecule has 27 heavy (non-hydrogen) atoms. The Kier molecular flexibility index (Phi) is 10.5. The van der Waals surface area contributed by atoms with Gasteiger partial charge in [-0.2, -0.15) is 0 Å². The van der Waals surface area contributed by atoms with E-state index in [9.17, 15) is 0 Å². The maximum atomic E-state index is 6.52. The summed E-state index contributed by atoms with van der Waals surface area (Å²) in [4.78, 5) is 0. The second-order valence-electron chi connectivity index (χ2n) is 8.92. The molecule has 2 unspecified atom stereocenters. The van der Waals surface area contributed by atoms with Crippen LogP contribution in [0.2, 0.25) is 3.72 Å². The first kappa shape index (κ1) is 25.0. The molecule has 0 spiro atoms. The monoisotopic (exact) mass is 485 g/mol. The van der Waals surface area contributed by atoms with Gasteiger partial charge in [0.25, 0.3) is 0 Å². The molecule has 2 aliphatic rings. The van der Waals surface area contributed by atoms with Crippen LogP contribution in [0.1, 0.15) is 72.6 Å². The van der Waals surface area contributed by atoms with E-state index >= 15 is 0 Å². The van der Waals surface area contributed by atoms with Crippen LogP contribution in [-0.2, 0) is 52.6 Å². The van der Waals surface area contributed by atoms with Gasteiger partial charge in [-0.15, -0.1) is 0 Å². The molecule has 1 radical (unpaired) electrons. The minimum atomic E-state index is -1.87. The molecule has 0 aromatic rings. The van der Waals surface area contributed by atoms with Crippen LogP contribution in [0.4, 0.5) is 0 Å². The summed E-state index contributed by atoms with van der Waals surface area (Å²) in [6.45, 7) is 12.7. The number of rotatable bonds is 10. The van der Waals surface area contributed by atoms with Gasteiger partial charge in [0, 0.05) is 0 Å². The predicted octanol–water partition coefficient (Wildman–Crippen LogP) is 2.32. The van der Waals surface area contributed by atoms with Crippen LogP contribution in [0.3, 0.4) is 0 Å². The van der Waals surface area contributed by atoms with E-state index in [1.807, 2.05) is 0 Å². The summed E-state index contributed by atoms with van der Waals surface area (Å²) in [5.41, 5.74) is 0. The van der Waals surface area contributed by atoms with E-state index in [0.29, 0.717) is 0 Å². The van der Waals surface area contributed by atoms with Crippen molar-refractivity contribution in [3.05, 3.63) is 4.73 Å². The molecule has 8 heteroatoms. The van der Waals surface area contributed by atoms with Crippen LogP contribution in [0.25, 0.3) is 0 Å². The van der Waals surface area contributed by atoms with Crippen LogP contribution < -0.4 is 0 Å². The van der Waals surface area contributed by atoms with Gasteiger partial charge in [0.15, 0.2) is 0 Å². The Morgan fingerprint density at radius 2 is 1.48 bits per heavy atom. The van der Waals surface area contributed by atoms with Crippen LogP contribution in [0, 0.1) is 4.73 Å². The van der Waals surface area contributed by atoms with Gasteiger partial charge in [-0.1, -0.05) is 0 Å². The fourth-order valence-electron chi connectivity index (χ4n) is 4.47. The quantitative estimate of drug-likeness (QED) is 0.446. The van der Waals surface area contributed by atoms with Gasteiger partial charge in [-0.3, -0.25) is 0 Å². The van der Waals surface area contributed by atoms with E-state index < -0.39 is 36.5 Å². The van der Waals surface area contributed by atoms with Gasteiger partial charge in [0.1, 0.15) is 0 Å². The molecule has 2 heterocycles. The first-order valence-corrected chi connectivity index (χ1v) is 17.4. The number of hydrogen-bond acceptors (Lipinski definition) is 4. The van der Waals surface area contributed by atoms with Gasteiger partial charge in [0.05, 0.1) is 0 Å². The zero-order valence-corrected chi connectivity index (χ0v) is 25.6. The third-order valence-electron chi connectivity index (χ3n) is 5.94. The molecule has 0 aromatic heterocycles. The Bertz CT molecular complexity index is 441. The summed E-state index contributed by atoms with van der Waals surface area (Å²) in [6.07, 6.45) is 8.60. The normalized spacial score (nSPS) is 29.8. The molecule has 2 rings (SSSR count). The predicted molar refractivity (Wildman–Crippen MR) is 111 cm³/mol. The van der Waals surface area contributed by atoms with Crippen molar-refractivity contribution < 1.29 is 52.6 Å². The second kappa shape index (κ2) is 11.4. The molecule has 0 amide bonds. The topological polar surface area (TPSA) is 36.9 Å². The molecule has 2 aliphatic heterocycles. The molecule has 0 bridgehead atoms. The molecular formula is C19H41O4Si2Ti2. The van der Waals surface area contributed by atoms with Gasteiger partial charge in [-0.25, -0.2) is 0 Å². The molecule has 2 atom stereocenters.